The number of rotatable bonds is 2. The SMILES string of the molecule is CCOC(=O)C1CCCN1C(=O)O. The summed E-state index contributed by atoms with van der Waals surface area (Å²) in [5.74, 6) is -0.428. The molecule has 13 heavy (non-hydrogen) atoms. The molecule has 0 bridgehead atoms. The zero-order valence-electron chi connectivity index (χ0n) is 7.52. The number of amides is 1. The highest BCUT2D eigenvalue weighted by molar-refractivity contribution is 5.81. The molecule has 1 unspecified atom stereocenters. The molecule has 1 aliphatic rings. The first-order valence-electron chi connectivity index (χ1n) is 4.33. The molecule has 1 atom stereocenters. The van der Waals surface area contributed by atoms with Gasteiger partial charge in [-0.15, -0.1) is 0 Å². The Labute approximate surface area is 76.3 Å². The Morgan fingerprint density at radius 2 is 2.31 bits per heavy atom. The minimum Gasteiger partial charge on any atom is -0.465 e. The van der Waals surface area contributed by atoms with Crippen LogP contribution in [0.5, 0.6) is 0 Å². The number of carbonyl (C=O) groups excluding carboxylic acids is 1. The Morgan fingerprint density at radius 3 is 2.85 bits per heavy atom. The number of carboxylic acid groups (broad SMARTS) is 1. The van der Waals surface area contributed by atoms with Crippen molar-refractivity contribution < 1.29 is 19.4 Å². The summed E-state index contributed by atoms with van der Waals surface area (Å²) >= 11 is 0. The largest absolute Gasteiger partial charge is 0.465 e. The molecule has 1 amide bonds. The van der Waals surface area contributed by atoms with Gasteiger partial charge >= 0.3 is 12.1 Å². The van der Waals surface area contributed by atoms with Crippen LogP contribution < -0.4 is 0 Å². The fourth-order valence-electron chi connectivity index (χ4n) is 1.48. The van der Waals surface area contributed by atoms with E-state index in [1.54, 1.807) is 6.92 Å². The highest BCUT2D eigenvalue weighted by atomic mass is 16.5. The first kappa shape index (κ1) is 9.83. The van der Waals surface area contributed by atoms with E-state index in [1.807, 2.05) is 0 Å². The Hall–Kier alpha value is -1.26. The molecule has 1 rings (SSSR count). The van der Waals surface area contributed by atoms with Gasteiger partial charge in [0.05, 0.1) is 6.61 Å². The zero-order valence-corrected chi connectivity index (χ0v) is 7.52. The number of hydrogen-bond donors (Lipinski definition) is 1. The number of likely N-dealkylation sites (tertiary alicyclic amines) is 1. The molecule has 0 saturated carbocycles. The van der Waals surface area contributed by atoms with Crippen molar-refractivity contribution in [3.63, 3.8) is 0 Å². The van der Waals surface area contributed by atoms with Crippen molar-refractivity contribution in [1.29, 1.82) is 0 Å². The van der Waals surface area contributed by atoms with Gasteiger partial charge in [0.25, 0.3) is 0 Å². The van der Waals surface area contributed by atoms with E-state index in [9.17, 15) is 9.59 Å². The Bertz CT molecular complexity index is 216. The molecule has 0 aromatic heterocycles. The van der Waals surface area contributed by atoms with Crippen LogP contribution in [0.4, 0.5) is 4.79 Å². The lowest BCUT2D eigenvalue weighted by molar-refractivity contribution is -0.147. The van der Waals surface area contributed by atoms with Crippen molar-refractivity contribution >= 4 is 12.1 Å². The van der Waals surface area contributed by atoms with Crippen LogP contribution in [-0.4, -0.2) is 41.3 Å². The molecule has 0 aliphatic carbocycles. The lowest BCUT2D eigenvalue weighted by Crippen LogP contribution is -2.40. The van der Waals surface area contributed by atoms with E-state index < -0.39 is 18.1 Å². The molecule has 0 aromatic rings. The molecule has 0 aromatic carbocycles. The molecular weight excluding hydrogens is 174 g/mol. The highest BCUT2D eigenvalue weighted by Gasteiger charge is 2.34. The predicted molar refractivity (Wildman–Crippen MR) is 44.4 cm³/mol. The average Bonchev–Trinajstić information content (AvgIpc) is 2.52. The van der Waals surface area contributed by atoms with Gasteiger partial charge in [0.2, 0.25) is 0 Å². The van der Waals surface area contributed by atoms with Gasteiger partial charge in [-0.25, -0.2) is 9.59 Å². The van der Waals surface area contributed by atoms with Crippen LogP contribution in [0, 0.1) is 0 Å². The summed E-state index contributed by atoms with van der Waals surface area (Å²) in [5, 5.41) is 8.72. The fourth-order valence-corrected chi connectivity index (χ4v) is 1.48. The summed E-state index contributed by atoms with van der Waals surface area (Å²) in [6, 6.07) is -0.586. The van der Waals surface area contributed by atoms with Crippen molar-refractivity contribution in [3.8, 4) is 0 Å². The molecular formula is C8H13NO4. The number of hydrogen-bond acceptors (Lipinski definition) is 3. The monoisotopic (exact) mass is 187 g/mol. The zero-order chi connectivity index (χ0) is 9.84. The molecule has 5 heteroatoms. The summed E-state index contributed by atoms with van der Waals surface area (Å²) in [5.41, 5.74) is 0. The molecule has 1 heterocycles. The third kappa shape index (κ3) is 2.11. The third-order valence-electron chi connectivity index (χ3n) is 2.06. The predicted octanol–water partition coefficient (Wildman–Crippen LogP) is 0.692. The van der Waals surface area contributed by atoms with Crippen LogP contribution in [0.3, 0.4) is 0 Å². The molecule has 1 saturated heterocycles. The van der Waals surface area contributed by atoms with Crippen molar-refractivity contribution in [2.75, 3.05) is 13.2 Å². The van der Waals surface area contributed by atoms with Gasteiger partial charge in [-0.1, -0.05) is 0 Å². The Morgan fingerprint density at radius 1 is 1.62 bits per heavy atom. The molecule has 1 fully saturated rings. The Kier molecular flexibility index (Phi) is 3.11. The maximum absolute atomic E-state index is 11.2. The standard InChI is InChI=1S/C8H13NO4/c1-2-13-7(10)6-4-3-5-9(6)8(11)12/h6H,2-5H2,1H3,(H,11,12). The van der Waals surface area contributed by atoms with Crippen molar-refractivity contribution in [2.24, 2.45) is 0 Å². The van der Waals surface area contributed by atoms with E-state index in [-0.39, 0.29) is 0 Å². The third-order valence-corrected chi connectivity index (χ3v) is 2.06. The van der Waals surface area contributed by atoms with Gasteiger partial charge in [-0.3, -0.25) is 4.90 Å². The van der Waals surface area contributed by atoms with Gasteiger partial charge in [0.15, 0.2) is 0 Å². The van der Waals surface area contributed by atoms with E-state index in [2.05, 4.69) is 0 Å². The lowest BCUT2D eigenvalue weighted by Gasteiger charge is -2.19. The van der Waals surface area contributed by atoms with Gasteiger partial charge < -0.3 is 9.84 Å². The molecule has 1 N–H and O–H groups in total. The molecule has 0 radical (unpaired) electrons. The van der Waals surface area contributed by atoms with Crippen molar-refractivity contribution in [1.82, 2.24) is 4.90 Å². The van der Waals surface area contributed by atoms with Gasteiger partial charge in [-0.05, 0) is 19.8 Å². The summed E-state index contributed by atoms with van der Waals surface area (Å²) in [6.45, 7) is 2.43. The van der Waals surface area contributed by atoms with E-state index in [0.717, 1.165) is 11.3 Å². The van der Waals surface area contributed by atoms with Gasteiger partial charge in [-0.2, -0.15) is 0 Å². The molecule has 1 aliphatic heterocycles. The van der Waals surface area contributed by atoms with E-state index in [0.29, 0.717) is 19.6 Å². The smallest absolute Gasteiger partial charge is 0.408 e. The van der Waals surface area contributed by atoms with E-state index >= 15 is 0 Å². The Balaban J connectivity index is 2.57. The molecule has 74 valence electrons. The van der Waals surface area contributed by atoms with Crippen molar-refractivity contribution in [3.05, 3.63) is 0 Å². The average molecular weight is 187 g/mol. The van der Waals surface area contributed by atoms with Crippen LogP contribution in [0.2, 0.25) is 0 Å². The normalized spacial score (nSPS) is 21.6. The van der Waals surface area contributed by atoms with Crippen LogP contribution in [0.1, 0.15) is 19.8 Å². The summed E-state index contributed by atoms with van der Waals surface area (Å²) in [6.07, 6.45) is 0.261. The lowest BCUT2D eigenvalue weighted by atomic mass is 10.2. The number of esters is 1. The minimum atomic E-state index is -1.05. The maximum atomic E-state index is 11.2. The van der Waals surface area contributed by atoms with Crippen LogP contribution in [0.15, 0.2) is 0 Å². The topological polar surface area (TPSA) is 66.8 Å². The van der Waals surface area contributed by atoms with Gasteiger partial charge in [0.1, 0.15) is 6.04 Å². The molecule has 5 nitrogen and oxygen atoms in total. The summed E-state index contributed by atoms with van der Waals surface area (Å²) in [7, 11) is 0. The molecule has 0 spiro atoms. The van der Waals surface area contributed by atoms with Crippen LogP contribution >= 0.6 is 0 Å². The van der Waals surface area contributed by atoms with E-state index in [1.165, 1.54) is 0 Å². The van der Waals surface area contributed by atoms with E-state index in [4.69, 9.17) is 9.84 Å². The summed E-state index contributed by atoms with van der Waals surface area (Å²) in [4.78, 5) is 23.0. The second-order valence-electron chi connectivity index (χ2n) is 2.89. The minimum absolute atomic E-state index is 0.294. The first-order chi connectivity index (χ1) is 6.16. The number of ether oxygens (including phenoxy) is 1. The number of nitrogens with zero attached hydrogens (tertiary/aromatic N) is 1. The van der Waals surface area contributed by atoms with Crippen molar-refractivity contribution in [2.45, 2.75) is 25.8 Å². The fraction of sp³-hybridized carbons (Fsp3) is 0.750. The van der Waals surface area contributed by atoms with Gasteiger partial charge in [0, 0.05) is 6.54 Å². The second kappa shape index (κ2) is 4.11. The van der Waals surface area contributed by atoms with Crippen LogP contribution in [0.25, 0.3) is 0 Å². The summed E-state index contributed by atoms with van der Waals surface area (Å²) < 4.78 is 4.76. The first-order valence-corrected chi connectivity index (χ1v) is 4.33. The maximum Gasteiger partial charge on any atom is 0.408 e. The van der Waals surface area contributed by atoms with Crippen LogP contribution in [-0.2, 0) is 9.53 Å². The highest BCUT2D eigenvalue weighted by Crippen LogP contribution is 2.18. The quantitative estimate of drug-likeness (QED) is 0.646. The second-order valence-corrected chi connectivity index (χ2v) is 2.89. The number of carbonyl (C=O) groups is 2.